The fraction of sp³-hybridized carbons (Fsp3) is 1.00. The van der Waals surface area contributed by atoms with Crippen LogP contribution in [0.2, 0.25) is 0 Å². The first-order valence-electron chi connectivity index (χ1n) is 7.42. The highest BCUT2D eigenvalue weighted by Crippen LogP contribution is 2.49. The third-order valence-corrected chi connectivity index (χ3v) is 1.42. The summed E-state index contributed by atoms with van der Waals surface area (Å²) in [5, 5.41) is 0. The zero-order valence-corrected chi connectivity index (χ0v) is 19.9. The van der Waals surface area contributed by atoms with Gasteiger partial charge in [0.2, 0.25) is 0 Å². The summed E-state index contributed by atoms with van der Waals surface area (Å²) >= 11 is 1.75. The van der Waals surface area contributed by atoms with E-state index < -0.39 is 27.6 Å². The number of ether oxygens (including phenoxy) is 1. The van der Waals surface area contributed by atoms with Gasteiger partial charge in [-0.15, -0.1) is 0 Å². The van der Waals surface area contributed by atoms with Crippen LogP contribution in [-0.4, -0.2) is 60.0 Å². The van der Waals surface area contributed by atoms with Crippen molar-refractivity contribution in [2.75, 3.05) is 39.2 Å². The fourth-order valence-electron chi connectivity index (χ4n) is 0.161. The van der Waals surface area contributed by atoms with Crippen molar-refractivity contribution in [1.29, 1.82) is 0 Å². The lowest BCUT2D eigenvalue weighted by Gasteiger charge is -2.29. The summed E-state index contributed by atoms with van der Waals surface area (Å²) < 4.78 is 93.2. The van der Waals surface area contributed by atoms with E-state index in [0.717, 1.165) is 12.5 Å². The lowest BCUT2D eigenvalue weighted by Crippen LogP contribution is -2.44. The minimum absolute atomic E-state index is 0. The Morgan fingerprint density at radius 1 is 0.645 bits per heavy atom. The first-order chi connectivity index (χ1) is 11.3. The number of thioether (sulfide) groups is 1. The van der Waals surface area contributed by atoms with Crippen molar-refractivity contribution in [2.24, 2.45) is 10.8 Å². The second-order valence-corrected chi connectivity index (χ2v) is 10.7. The van der Waals surface area contributed by atoms with Crippen LogP contribution >= 0.6 is 11.8 Å². The summed E-state index contributed by atoms with van der Waals surface area (Å²) in [4.78, 5) is 0. The molecule has 0 aromatic heterocycles. The van der Waals surface area contributed by atoms with Crippen LogP contribution in [0.25, 0.3) is 0 Å². The molecule has 31 heavy (non-hydrogen) atoms. The monoisotopic (exact) mass is 518 g/mol. The molecule has 0 aliphatic rings. The largest absolute Gasteiger partial charge is 0.402 e. The quantitative estimate of drug-likeness (QED) is 0.301. The Kier molecular flexibility index (Phi) is 45.5. The Hall–Kier alpha value is -0.160. The van der Waals surface area contributed by atoms with Crippen LogP contribution in [-0.2, 0) is 14.6 Å². The third-order valence-electron chi connectivity index (χ3n) is 1.42. The first kappa shape index (κ1) is 57.6. The van der Waals surface area contributed by atoms with Gasteiger partial charge in [0.15, 0.2) is 5.41 Å². The molecule has 0 saturated carbocycles. The molecule has 0 unspecified atom stereocenters. The maximum absolute atomic E-state index is 11.6. The van der Waals surface area contributed by atoms with E-state index in [1.54, 1.807) is 26.0 Å². The van der Waals surface area contributed by atoms with Crippen LogP contribution < -0.4 is 0 Å². The first-order valence-corrected chi connectivity index (χ1v) is 11.3. The van der Waals surface area contributed by atoms with Crippen molar-refractivity contribution < 1.29 is 39.5 Å². The van der Waals surface area contributed by atoms with E-state index in [-0.39, 0.29) is 43.6 Å². The number of halogens is 6. The van der Waals surface area contributed by atoms with E-state index in [0.29, 0.717) is 5.41 Å². The Morgan fingerprint density at radius 2 is 0.710 bits per heavy atom. The van der Waals surface area contributed by atoms with Gasteiger partial charge in [-0.1, -0.05) is 57.4 Å². The molecule has 3 nitrogen and oxygen atoms in total. The maximum atomic E-state index is 11.6. The summed E-state index contributed by atoms with van der Waals surface area (Å²) in [6, 6.07) is 0. The molecule has 0 aliphatic heterocycles. The van der Waals surface area contributed by atoms with Crippen molar-refractivity contribution in [3.8, 4) is 0 Å². The predicted octanol–water partition coefficient (Wildman–Crippen LogP) is 8.64. The third kappa shape index (κ3) is 72.7. The van der Waals surface area contributed by atoms with Crippen molar-refractivity contribution in [3.05, 3.63) is 0 Å². The number of alkyl halides is 6. The molecular weight excluding hydrogens is 466 g/mol. The molecule has 0 fully saturated rings. The van der Waals surface area contributed by atoms with Gasteiger partial charge in [0, 0.05) is 26.7 Å². The number of rotatable bonds is 0. The molecule has 0 atom stereocenters. The highest BCUT2D eigenvalue weighted by Gasteiger charge is 2.64. The summed E-state index contributed by atoms with van der Waals surface area (Å²) in [7, 11) is 0.583. The van der Waals surface area contributed by atoms with Crippen molar-refractivity contribution in [2.45, 2.75) is 83.6 Å². The number of hydrogen-bond acceptors (Lipinski definition) is 4. The Balaban J connectivity index is -0.0000000299. The zero-order chi connectivity index (χ0) is 23.9. The van der Waals surface area contributed by atoms with Crippen LogP contribution in [0.4, 0.5) is 26.3 Å². The van der Waals surface area contributed by atoms with Crippen LogP contribution in [0.1, 0.15) is 71.2 Å². The molecule has 0 rings (SSSR count). The van der Waals surface area contributed by atoms with E-state index in [4.69, 9.17) is 0 Å². The summed E-state index contributed by atoms with van der Waals surface area (Å²) in [5.74, 6) is 0. The average molecular weight is 519 g/mol. The van der Waals surface area contributed by atoms with Crippen molar-refractivity contribution in [1.82, 2.24) is 0 Å². The Bertz CT molecular complexity index is 394. The molecule has 0 aliphatic carbocycles. The normalized spacial score (nSPS) is 10.4. The standard InChI is InChI=1S/C5H6F6.C5H12.C2H6O2S.C2H6O.C2H6S.4CH4/c1-3(2,4(6,7)8)5(9,10)11;2*1-5(2,3)4;2*1-3-2;;;;/h1-2H3;1-4H3;1-2H3;2*1-2H3;4*1H4. The maximum Gasteiger partial charge on any atom is 0.402 e. The highest BCUT2D eigenvalue weighted by atomic mass is 32.2. The van der Waals surface area contributed by atoms with Gasteiger partial charge in [0.1, 0.15) is 9.84 Å². The molecule has 0 aromatic carbocycles. The second-order valence-electron chi connectivity index (χ2n) is 7.58. The Labute approximate surface area is 195 Å². The van der Waals surface area contributed by atoms with Crippen LogP contribution in [0.3, 0.4) is 0 Å². The molecule has 0 aromatic rings. The lowest BCUT2D eigenvalue weighted by atomic mass is 9.92. The van der Waals surface area contributed by atoms with Crippen LogP contribution in [0, 0.1) is 10.8 Å². The summed E-state index contributed by atoms with van der Waals surface area (Å²) in [6.07, 6.45) is -4.09. The van der Waals surface area contributed by atoms with E-state index in [1.807, 2.05) is 12.5 Å². The molecule has 0 spiro atoms. The minimum Gasteiger partial charge on any atom is -0.388 e. The zero-order valence-electron chi connectivity index (χ0n) is 18.3. The van der Waals surface area contributed by atoms with Crippen molar-refractivity contribution in [3.63, 3.8) is 0 Å². The molecule has 11 heteroatoms. The number of sulfone groups is 1. The van der Waals surface area contributed by atoms with E-state index in [9.17, 15) is 34.8 Å². The Morgan fingerprint density at radius 3 is 0.710 bits per heavy atom. The topological polar surface area (TPSA) is 43.4 Å². The molecule has 0 heterocycles. The molecule has 0 radical (unpaired) electrons. The molecule has 0 bridgehead atoms. The number of methoxy groups -OCH3 is 1. The van der Waals surface area contributed by atoms with Gasteiger partial charge in [-0.2, -0.15) is 38.1 Å². The van der Waals surface area contributed by atoms with Crippen molar-refractivity contribution >= 4 is 21.6 Å². The average Bonchev–Trinajstić information content (AvgIpc) is 2.22. The van der Waals surface area contributed by atoms with E-state index >= 15 is 0 Å². The van der Waals surface area contributed by atoms with E-state index in [1.165, 1.54) is 0 Å². The van der Waals surface area contributed by atoms with E-state index in [2.05, 4.69) is 32.4 Å². The lowest BCUT2D eigenvalue weighted by molar-refractivity contribution is -0.327. The van der Waals surface area contributed by atoms with Gasteiger partial charge in [-0.05, 0) is 31.8 Å². The molecule has 0 saturated heterocycles. The van der Waals surface area contributed by atoms with Gasteiger partial charge < -0.3 is 4.74 Å². The minimum atomic E-state index is -5.24. The van der Waals surface area contributed by atoms with Gasteiger partial charge in [-0.3, -0.25) is 0 Å². The van der Waals surface area contributed by atoms with Crippen LogP contribution in [0.5, 0.6) is 0 Å². The molecule has 0 N–H and O–H groups in total. The number of hydrogen-bond donors (Lipinski definition) is 0. The highest BCUT2D eigenvalue weighted by molar-refractivity contribution is 7.97. The molecule has 0 amide bonds. The van der Waals surface area contributed by atoms with Gasteiger partial charge in [-0.25, -0.2) is 8.42 Å². The van der Waals surface area contributed by atoms with Crippen LogP contribution in [0.15, 0.2) is 0 Å². The molecular formula is C20H52F6O3S2. The van der Waals surface area contributed by atoms with Gasteiger partial charge >= 0.3 is 12.4 Å². The molecule has 204 valence electrons. The fourth-order valence-corrected chi connectivity index (χ4v) is 0.161. The summed E-state index contributed by atoms with van der Waals surface area (Å²) in [6.45, 7) is 8.96. The van der Waals surface area contributed by atoms with Gasteiger partial charge in [0.25, 0.3) is 0 Å². The smallest absolute Gasteiger partial charge is 0.388 e. The second kappa shape index (κ2) is 24.5. The predicted molar refractivity (Wildman–Crippen MR) is 131 cm³/mol. The SMILES string of the molecule is C.C.C.C.CC(C)(C(F)(F)F)C(F)(F)F.CC(C)(C)C.COC.CS(C)(=O)=O.CSC. The van der Waals surface area contributed by atoms with Gasteiger partial charge in [0.05, 0.1) is 0 Å². The summed E-state index contributed by atoms with van der Waals surface area (Å²) in [5.41, 5.74) is -3.12.